The molecule has 0 aliphatic carbocycles. The first-order valence-corrected chi connectivity index (χ1v) is 4.68. The average Bonchev–Trinajstić information content (AvgIpc) is 2.07. The smallest absolute Gasteiger partial charge is 0.0832 e. The molecule has 3 nitrogen and oxygen atoms in total. The van der Waals surface area contributed by atoms with Crippen LogP contribution in [0.2, 0.25) is 0 Å². The molecule has 0 bridgehead atoms. The fourth-order valence-electron chi connectivity index (χ4n) is 0. The Morgan fingerprint density at radius 2 is 1.00 bits per heavy atom. The van der Waals surface area contributed by atoms with E-state index in [1.807, 2.05) is 27.7 Å². The van der Waals surface area contributed by atoms with E-state index in [-0.39, 0.29) is 18.6 Å². The van der Waals surface area contributed by atoms with Gasteiger partial charge in [0.25, 0.3) is 0 Å². The van der Waals surface area contributed by atoms with E-state index < -0.39 is 0 Å². The van der Waals surface area contributed by atoms with Crippen molar-refractivity contribution in [2.24, 2.45) is 11.8 Å². The van der Waals surface area contributed by atoms with E-state index in [2.05, 4.69) is 27.6 Å². The molecule has 0 aromatic rings. The molecule has 0 aromatic carbocycles. The van der Waals surface area contributed by atoms with Gasteiger partial charge in [0, 0.05) is 31.8 Å². The number of halogens is 2. The summed E-state index contributed by atoms with van der Waals surface area (Å²) in [5.41, 5.74) is 0. The molecule has 6 heteroatoms. The summed E-state index contributed by atoms with van der Waals surface area (Å²) in [5, 5.41) is 16.3. The summed E-state index contributed by atoms with van der Waals surface area (Å²) in [6.45, 7) is 8.50. The van der Waals surface area contributed by atoms with Crippen molar-refractivity contribution in [1.29, 1.82) is 0 Å². The van der Waals surface area contributed by atoms with Gasteiger partial charge in [-0.2, -0.15) is 3.84 Å². The van der Waals surface area contributed by atoms with Crippen LogP contribution in [0.4, 0.5) is 0 Å². The molecule has 0 amide bonds. The van der Waals surface area contributed by atoms with E-state index in [4.69, 9.17) is 10.2 Å². The van der Waals surface area contributed by atoms with Gasteiger partial charge in [-0.25, -0.2) is 0 Å². The van der Waals surface area contributed by atoms with E-state index >= 15 is 0 Å². The zero-order valence-electron chi connectivity index (χ0n) is 9.07. The number of rotatable bonds is 2. The van der Waals surface area contributed by atoms with E-state index in [9.17, 15) is 0 Å². The standard InChI is InChI=1S/2C4H10O.Cl2O.V/c2*1-4(2)3-5;1-3-2;/h2*4-5H,3H2,1-2H3;;. The molecule has 0 aliphatic heterocycles. The van der Waals surface area contributed by atoms with Crippen molar-refractivity contribution in [2.45, 2.75) is 27.7 Å². The number of hydrogen-bond acceptors (Lipinski definition) is 3. The Morgan fingerprint density at radius 3 is 1.00 bits per heavy atom. The van der Waals surface area contributed by atoms with Gasteiger partial charge < -0.3 is 10.2 Å². The van der Waals surface area contributed by atoms with Crippen LogP contribution in [0, 0.1) is 11.8 Å². The first-order valence-electron chi connectivity index (χ1n) is 4.07. The predicted octanol–water partition coefficient (Wildman–Crippen LogP) is 2.58. The number of aliphatic hydroxyl groups is 2. The fourth-order valence-corrected chi connectivity index (χ4v) is 0. The number of aliphatic hydroxyl groups excluding tert-OH is 2. The summed E-state index contributed by atoms with van der Waals surface area (Å²) in [4.78, 5) is 0. The van der Waals surface area contributed by atoms with Gasteiger partial charge in [-0.15, -0.1) is 0 Å². The van der Waals surface area contributed by atoms with Crippen molar-refractivity contribution in [2.75, 3.05) is 13.2 Å². The topological polar surface area (TPSA) is 49.7 Å². The molecule has 0 saturated heterocycles. The second-order valence-corrected chi connectivity index (χ2v) is 3.68. The van der Waals surface area contributed by atoms with Gasteiger partial charge in [-0.05, 0) is 11.8 Å². The van der Waals surface area contributed by atoms with Crippen LogP contribution in [0.1, 0.15) is 27.7 Å². The summed E-state index contributed by atoms with van der Waals surface area (Å²) in [6, 6.07) is 0. The second kappa shape index (κ2) is 23.7. The first-order chi connectivity index (χ1) is 5.95. The van der Waals surface area contributed by atoms with Crippen LogP contribution in [-0.4, -0.2) is 23.4 Å². The molecule has 0 saturated carbocycles. The molecule has 89 valence electrons. The molecule has 0 heterocycles. The molecule has 0 atom stereocenters. The summed E-state index contributed by atoms with van der Waals surface area (Å²) >= 11 is 8.53. The Labute approximate surface area is 109 Å². The summed E-state index contributed by atoms with van der Waals surface area (Å²) < 4.78 is 3.19. The van der Waals surface area contributed by atoms with Crippen molar-refractivity contribution < 1.29 is 32.6 Å². The molecule has 0 aliphatic rings. The van der Waals surface area contributed by atoms with Crippen molar-refractivity contribution in [3.63, 3.8) is 0 Å². The van der Waals surface area contributed by atoms with Crippen LogP contribution in [0.25, 0.3) is 0 Å². The molecule has 0 spiro atoms. The predicted molar refractivity (Wildman–Crippen MR) is 56.6 cm³/mol. The van der Waals surface area contributed by atoms with Gasteiger partial charge in [0.1, 0.15) is 0 Å². The maximum absolute atomic E-state index is 8.14. The van der Waals surface area contributed by atoms with Crippen LogP contribution >= 0.6 is 23.7 Å². The first kappa shape index (κ1) is 24.3. The largest absolute Gasteiger partial charge is 0.396 e. The van der Waals surface area contributed by atoms with Crippen LogP contribution in [0.3, 0.4) is 0 Å². The van der Waals surface area contributed by atoms with Crippen molar-refractivity contribution in [1.82, 2.24) is 0 Å². The Kier molecular flexibility index (Phi) is 41.2. The van der Waals surface area contributed by atoms with Gasteiger partial charge in [0.05, 0.1) is 23.7 Å². The van der Waals surface area contributed by atoms with E-state index in [1.165, 1.54) is 0 Å². The molecule has 0 fully saturated rings. The zero-order valence-corrected chi connectivity index (χ0v) is 12.0. The molecule has 14 heavy (non-hydrogen) atoms. The summed E-state index contributed by atoms with van der Waals surface area (Å²) in [6.07, 6.45) is 0. The van der Waals surface area contributed by atoms with Gasteiger partial charge >= 0.3 is 0 Å². The van der Waals surface area contributed by atoms with Crippen LogP contribution < -0.4 is 0 Å². The van der Waals surface area contributed by atoms with Gasteiger partial charge in [-0.3, -0.25) is 0 Å². The molecule has 0 aromatic heterocycles. The van der Waals surface area contributed by atoms with Gasteiger partial charge in [0.2, 0.25) is 0 Å². The summed E-state index contributed by atoms with van der Waals surface area (Å²) in [7, 11) is 0. The SMILES string of the molecule is CC(C)CO.CC(C)CO.ClOCl.[V]. The fraction of sp³-hybridized carbons (Fsp3) is 1.00. The second-order valence-electron chi connectivity index (χ2n) is 3.21. The Hall–Kier alpha value is 1.04. The normalized spacial score (nSPS) is 8.14. The molecular formula is C8H20Cl2O3V. The van der Waals surface area contributed by atoms with Crippen molar-refractivity contribution in [3.05, 3.63) is 0 Å². The monoisotopic (exact) mass is 285 g/mol. The maximum Gasteiger partial charge on any atom is 0.0832 e. The van der Waals surface area contributed by atoms with Gasteiger partial charge in [-0.1, -0.05) is 27.7 Å². The van der Waals surface area contributed by atoms with Crippen molar-refractivity contribution in [3.8, 4) is 0 Å². The Bertz CT molecular complexity index is 67.6. The molecule has 2 N–H and O–H groups in total. The molecule has 0 unspecified atom stereocenters. The minimum absolute atomic E-state index is 0. The Morgan fingerprint density at radius 1 is 0.929 bits per heavy atom. The zero-order chi connectivity index (χ0) is 11.3. The van der Waals surface area contributed by atoms with Crippen LogP contribution in [-0.2, 0) is 22.4 Å². The molecule has 1 radical (unpaired) electrons. The third kappa shape index (κ3) is 74.4. The quantitative estimate of drug-likeness (QED) is 0.820. The van der Waals surface area contributed by atoms with Crippen molar-refractivity contribution >= 4 is 23.7 Å². The minimum atomic E-state index is 0. The van der Waals surface area contributed by atoms with Gasteiger partial charge in [0.15, 0.2) is 0 Å². The third-order valence-electron chi connectivity index (χ3n) is 0.730. The van der Waals surface area contributed by atoms with Crippen LogP contribution in [0.5, 0.6) is 0 Å². The van der Waals surface area contributed by atoms with E-state index in [1.54, 1.807) is 0 Å². The van der Waals surface area contributed by atoms with E-state index in [0.717, 1.165) is 0 Å². The summed E-state index contributed by atoms with van der Waals surface area (Å²) in [5.74, 6) is 0.880. The molecule has 0 rings (SSSR count). The maximum atomic E-state index is 8.14. The minimum Gasteiger partial charge on any atom is -0.396 e. The molecular weight excluding hydrogens is 266 g/mol. The van der Waals surface area contributed by atoms with E-state index in [0.29, 0.717) is 25.0 Å². The van der Waals surface area contributed by atoms with Crippen LogP contribution in [0.15, 0.2) is 0 Å². The average molecular weight is 286 g/mol. The third-order valence-corrected chi connectivity index (χ3v) is 0.730. The number of hydrogen-bond donors (Lipinski definition) is 2. The Balaban J connectivity index is -0.0000000535.